The molecule has 216 valence electrons. The van der Waals surface area contributed by atoms with Gasteiger partial charge in [-0.3, -0.25) is 9.64 Å². The Morgan fingerprint density at radius 3 is 2.50 bits per heavy atom. The number of ether oxygens (including phenoxy) is 3. The highest BCUT2D eigenvalue weighted by molar-refractivity contribution is 7.87. The molecule has 0 aromatic heterocycles. The number of carbonyl (C=O) groups excluding carboxylic acids is 1. The first-order chi connectivity index (χ1) is 17.8. The average Bonchev–Trinajstić information content (AvgIpc) is 3.15. The molecule has 1 amide bonds. The van der Waals surface area contributed by atoms with Gasteiger partial charge in [0.1, 0.15) is 5.82 Å². The van der Waals surface area contributed by atoms with Crippen LogP contribution in [0, 0.1) is 5.82 Å². The van der Waals surface area contributed by atoms with Crippen LogP contribution in [0.5, 0.6) is 0 Å². The lowest BCUT2D eigenvalue weighted by atomic mass is 9.82. The highest BCUT2D eigenvalue weighted by atomic mass is 32.2. The molecule has 9 nitrogen and oxygen atoms in total. The van der Waals surface area contributed by atoms with Gasteiger partial charge in [0, 0.05) is 25.7 Å². The minimum atomic E-state index is -4.86. The number of alkyl halides is 3. The van der Waals surface area contributed by atoms with Gasteiger partial charge in [0.05, 0.1) is 32.5 Å². The quantitative estimate of drug-likeness (QED) is 0.431. The topological polar surface area (TPSA) is 97.4 Å². The largest absolute Gasteiger partial charge is 0.522 e. The number of nitrogens with zero attached hydrogens (tertiary/aromatic N) is 2. The van der Waals surface area contributed by atoms with E-state index in [2.05, 4.69) is 9.46 Å². The molecule has 0 bridgehead atoms. The van der Waals surface area contributed by atoms with E-state index in [-0.39, 0.29) is 36.9 Å². The molecule has 3 rings (SSSR count). The lowest BCUT2D eigenvalue weighted by Crippen LogP contribution is -2.53. The van der Waals surface area contributed by atoms with E-state index in [0.29, 0.717) is 0 Å². The van der Waals surface area contributed by atoms with Crippen molar-refractivity contribution in [3.05, 3.63) is 35.6 Å². The van der Waals surface area contributed by atoms with Crippen LogP contribution in [-0.2, 0) is 24.4 Å². The summed E-state index contributed by atoms with van der Waals surface area (Å²) in [7, 11) is -1.82. The van der Waals surface area contributed by atoms with Gasteiger partial charge in [-0.1, -0.05) is 12.1 Å². The summed E-state index contributed by atoms with van der Waals surface area (Å²) in [5.41, 5.74) is 0.948. The normalized spacial score (nSPS) is 26.6. The third-order valence-electron chi connectivity index (χ3n) is 7.16. The number of likely N-dealkylation sites (tertiary alicyclic amines) is 1. The molecule has 1 saturated heterocycles. The van der Waals surface area contributed by atoms with Crippen LogP contribution in [0.4, 0.5) is 22.4 Å². The molecule has 3 atom stereocenters. The van der Waals surface area contributed by atoms with Gasteiger partial charge in [0.15, 0.2) is 0 Å². The molecule has 2 fully saturated rings. The standard InChI is InChI=1S/C24H35F4N3O6S/c1-16-13-21(29-38(33,34)30(2)11-12-37-24(26,27)28)22(31(16)23(32)35-3)15-36-20-9-7-17(8-10-20)18-5-4-6-19(25)14-18/h4-6,14,16-17,20-22,29H,7-13,15H2,1-3H3/t16-,17?,20?,21+,22+/m1/s1. The van der Waals surface area contributed by atoms with Crippen LogP contribution in [0.15, 0.2) is 24.3 Å². The second-order valence-electron chi connectivity index (χ2n) is 9.74. The van der Waals surface area contributed by atoms with Crippen LogP contribution in [0.1, 0.15) is 50.5 Å². The minimum absolute atomic E-state index is 0.0445. The Labute approximate surface area is 220 Å². The fraction of sp³-hybridized carbons (Fsp3) is 0.708. The number of likely N-dealkylation sites (N-methyl/N-ethyl adjacent to an activating group) is 1. The van der Waals surface area contributed by atoms with Crippen molar-refractivity contribution in [2.24, 2.45) is 0 Å². The van der Waals surface area contributed by atoms with Crippen LogP contribution in [0.2, 0.25) is 0 Å². The number of amides is 1. The van der Waals surface area contributed by atoms with Crippen LogP contribution in [0.25, 0.3) is 0 Å². The van der Waals surface area contributed by atoms with E-state index >= 15 is 0 Å². The van der Waals surface area contributed by atoms with Crippen molar-refractivity contribution >= 4 is 16.3 Å². The zero-order valence-corrected chi connectivity index (χ0v) is 22.4. The summed E-state index contributed by atoms with van der Waals surface area (Å²) >= 11 is 0. The SMILES string of the molecule is COC(=O)N1[C@H](C)C[C@H](NS(=O)(=O)N(C)CCOC(F)(F)F)[C@@H]1COC1CCC(c2cccc(F)c2)CC1. The molecule has 2 aliphatic rings. The van der Waals surface area contributed by atoms with Crippen molar-refractivity contribution in [3.63, 3.8) is 0 Å². The predicted octanol–water partition coefficient (Wildman–Crippen LogP) is 3.77. The summed E-state index contributed by atoms with van der Waals surface area (Å²) < 4.78 is 93.9. The van der Waals surface area contributed by atoms with E-state index in [1.54, 1.807) is 19.1 Å². The van der Waals surface area contributed by atoms with Gasteiger partial charge in [-0.15, -0.1) is 13.2 Å². The van der Waals surface area contributed by atoms with Gasteiger partial charge >= 0.3 is 12.5 Å². The molecule has 1 aromatic rings. The van der Waals surface area contributed by atoms with Gasteiger partial charge in [-0.05, 0) is 62.6 Å². The number of hydrogen-bond donors (Lipinski definition) is 1. The van der Waals surface area contributed by atoms with Gasteiger partial charge < -0.3 is 9.47 Å². The van der Waals surface area contributed by atoms with Crippen LogP contribution in [-0.4, -0.2) is 88.2 Å². The maximum absolute atomic E-state index is 13.6. The van der Waals surface area contributed by atoms with Crippen molar-refractivity contribution < 1.29 is 45.0 Å². The monoisotopic (exact) mass is 569 g/mol. The average molecular weight is 570 g/mol. The Morgan fingerprint density at radius 1 is 1.21 bits per heavy atom. The van der Waals surface area contributed by atoms with Gasteiger partial charge in [0.2, 0.25) is 0 Å². The Hall–Kier alpha value is -2.00. The molecule has 0 spiro atoms. The molecule has 1 N–H and O–H groups in total. The van der Waals surface area contributed by atoms with E-state index in [1.807, 2.05) is 6.07 Å². The molecule has 1 aliphatic heterocycles. The molecule has 0 unspecified atom stereocenters. The van der Waals surface area contributed by atoms with Crippen molar-refractivity contribution in [1.29, 1.82) is 0 Å². The summed E-state index contributed by atoms with van der Waals surface area (Å²) in [6, 6.07) is 4.75. The lowest BCUT2D eigenvalue weighted by molar-refractivity contribution is -0.324. The summed E-state index contributed by atoms with van der Waals surface area (Å²) in [6.07, 6.45) is -2.29. The number of halogens is 4. The van der Waals surface area contributed by atoms with Crippen molar-refractivity contribution in [2.45, 2.75) is 75.5 Å². The first-order valence-electron chi connectivity index (χ1n) is 12.5. The molecule has 1 heterocycles. The number of nitrogens with one attached hydrogen (secondary N) is 1. The maximum atomic E-state index is 13.6. The highest BCUT2D eigenvalue weighted by Crippen LogP contribution is 2.35. The van der Waals surface area contributed by atoms with Crippen LogP contribution < -0.4 is 4.72 Å². The minimum Gasteiger partial charge on any atom is -0.453 e. The van der Waals surface area contributed by atoms with E-state index in [0.717, 1.165) is 42.6 Å². The molecule has 14 heteroatoms. The van der Waals surface area contributed by atoms with Crippen LogP contribution >= 0.6 is 0 Å². The molecule has 38 heavy (non-hydrogen) atoms. The van der Waals surface area contributed by atoms with Gasteiger partial charge in [-0.25, -0.2) is 9.18 Å². The molecule has 1 aliphatic carbocycles. The van der Waals surface area contributed by atoms with Crippen molar-refractivity contribution in [3.8, 4) is 0 Å². The molecule has 1 aromatic carbocycles. The molecular weight excluding hydrogens is 534 g/mol. The summed E-state index contributed by atoms with van der Waals surface area (Å²) in [5, 5.41) is 0. The van der Waals surface area contributed by atoms with Crippen molar-refractivity contribution in [1.82, 2.24) is 13.9 Å². The Morgan fingerprint density at radius 2 is 1.89 bits per heavy atom. The van der Waals surface area contributed by atoms with Crippen LogP contribution in [0.3, 0.4) is 0 Å². The number of hydrogen-bond acceptors (Lipinski definition) is 6. The first-order valence-corrected chi connectivity index (χ1v) is 13.9. The Balaban J connectivity index is 1.61. The zero-order chi connectivity index (χ0) is 28.1. The fourth-order valence-electron chi connectivity index (χ4n) is 5.15. The summed E-state index contributed by atoms with van der Waals surface area (Å²) in [5.74, 6) is -0.0498. The number of rotatable bonds is 10. The smallest absolute Gasteiger partial charge is 0.453 e. The van der Waals surface area contributed by atoms with Gasteiger partial charge in [0.25, 0.3) is 10.2 Å². The Kier molecular flexibility index (Phi) is 10.4. The predicted molar refractivity (Wildman–Crippen MR) is 130 cm³/mol. The zero-order valence-electron chi connectivity index (χ0n) is 21.6. The second-order valence-corrected chi connectivity index (χ2v) is 11.5. The second kappa shape index (κ2) is 12.9. The Bertz CT molecular complexity index is 1040. The first kappa shape index (κ1) is 30.5. The number of benzene rings is 1. The summed E-state index contributed by atoms with van der Waals surface area (Å²) in [6.45, 7) is 0.417. The van der Waals surface area contributed by atoms with Crippen molar-refractivity contribution in [2.75, 3.05) is 33.9 Å². The third kappa shape index (κ3) is 8.25. The maximum Gasteiger partial charge on any atom is 0.522 e. The fourth-order valence-corrected chi connectivity index (χ4v) is 6.28. The molecule has 0 radical (unpaired) electrons. The van der Waals surface area contributed by atoms with Gasteiger partial charge in [-0.2, -0.15) is 17.4 Å². The lowest BCUT2D eigenvalue weighted by Gasteiger charge is -2.33. The van der Waals surface area contributed by atoms with E-state index in [1.165, 1.54) is 18.1 Å². The summed E-state index contributed by atoms with van der Waals surface area (Å²) in [4.78, 5) is 13.9. The van der Waals surface area contributed by atoms with E-state index in [4.69, 9.17) is 9.47 Å². The van der Waals surface area contributed by atoms with E-state index < -0.39 is 47.9 Å². The van der Waals surface area contributed by atoms with E-state index in [9.17, 15) is 30.8 Å². The number of carbonyl (C=O) groups is 1. The number of methoxy groups -OCH3 is 1. The molecule has 1 saturated carbocycles. The highest BCUT2D eigenvalue weighted by Gasteiger charge is 2.45. The molecular formula is C24H35F4N3O6S. The third-order valence-corrected chi connectivity index (χ3v) is 8.76.